The van der Waals surface area contributed by atoms with Crippen LogP contribution >= 0.6 is 0 Å². The minimum atomic E-state index is -0.582. The summed E-state index contributed by atoms with van der Waals surface area (Å²) in [6.45, 7) is 3.06. The van der Waals surface area contributed by atoms with Crippen molar-refractivity contribution in [3.05, 3.63) is 42.4 Å². The molecule has 8 heteroatoms. The average molecular weight is 359 g/mol. The van der Waals surface area contributed by atoms with E-state index in [4.69, 9.17) is 15.2 Å². The molecule has 1 aromatic carbocycles. The lowest BCUT2D eigenvalue weighted by atomic mass is 10.3. The number of aromatic nitrogens is 2. The second kappa shape index (κ2) is 10.2. The minimum Gasteiger partial charge on any atom is -0.493 e. The van der Waals surface area contributed by atoms with E-state index < -0.39 is 5.91 Å². The first-order valence-electron chi connectivity index (χ1n) is 8.40. The third-order valence-corrected chi connectivity index (χ3v) is 3.73. The molecule has 0 radical (unpaired) electrons. The van der Waals surface area contributed by atoms with Crippen LogP contribution in [0.3, 0.4) is 0 Å². The fourth-order valence-corrected chi connectivity index (χ4v) is 2.27. The maximum absolute atomic E-state index is 10.9. The highest BCUT2D eigenvalue weighted by atomic mass is 16.5. The monoisotopic (exact) mass is 359 g/mol. The van der Waals surface area contributed by atoms with Gasteiger partial charge >= 0.3 is 0 Å². The van der Waals surface area contributed by atoms with E-state index in [9.17, 15) is 4.79 Å². The lowest BCUT2D eigenvalue weighted by Crippen LogP contribution is -2.26. The van der Waals surface area contributed by atoms with E-state index in [1.165, 1.54) is 12.4 Å². The summed E-state index contributed by atoms with van der Waals surface area (Å²) in [5.74, 6) is 1.53. The van der Waals surface area contributed by atoms with Gasteiger partial charge in [-0.2, -0.15) is 0 Å². The standard InChI is InChI=1S/C18H25N5O3/c1-23(10-11-26-16-7-4-3-6-15(16)25-2)9-5-8-20-17-13-21-14(12-22-17)18(19)24/h3-4,6-7,12-13H,5,8-11H2,1-2H3,(H2,19,24)(H,20,22). The summed E-state index contributed by atoms with van der Waals surface area (Å²) in [6.07, 6.45) is 3.81. The lowest BCUT2D eigenvalue weighted by Gasteiger charge is -2.17. The van der Waals surface area contributed by atoms with Gasteiger partial charge in [0.25, 0.3) is 5.91 Å². The molecule has 1 amide bonds. The summed E-state index contributed by atoms with van der Waals surface area (Å²) >= 11 is 0. The first kappa shape index (κ1) is 19.5. The molecule has 0 unspecified atom stereocenters. The summed E-state index contributed by atoms with van der Waals surface area (Å²) in [6, 6.07) is 7.61. The predicted octanol–water partition coefficient (Wildman–Crippen LogP) is 1.40. The van der Waals surface area contributed by atoms with E-state index in [1.807, 2.05) is 31.3 Å². The first-order valence-corrected chi connectivity index (χ1v) is 8.40. The third-order valence-electron chi connectivity index (χ3n) is 3.73. The highest BCUT2D eigenvalue weighted by molar-refractivity contribution is 5.90. The van der Waals surface area contributed by atoms with Gasteiger partial charge in [-0.15, -0.1) is 0 Å². The molecule has 0 aliphatic heterocycles. The van der Waals surface area contributed by atoms with Crippen LogP contribution in [0.15, 0.2) is 36.7 Å². The van der Waals surface area contributed by atoms with Gasteiger partial charge in [-0.3, -0.25) is 4.79 Å². The van der Waals surface area contributed by atoms with Gasteiger partial charge in [0.1, 0.15) is 18.1 Å². The van der Waals surface area contributed by atoms with Crippen molar-refractivity contribution in [2.24, 2.45) is 5.73 Å². The number of para-hydroxylation sites is 2. The molecule has 0 atom stereocenters. The number of primary amides is 1. The Morgan fingerprint density at radius 2 is 1.96 bits per heavy atom. The van der Waals surface area contributed by atoms with Crippen LogP contribution in [-0.2, 0) is 0 Å². The number of amides is 1. The zero-order valence-electron chi connectivity index (χ0n) is 15.1. The van der Waals surface area contributed by atoms with Gasteiger partial charge in [-0.1, -0.05) is 12.1 Å². The molecular weight excluding hydrogens is 334 g/mol. The fraction of sp³-hybridized carbons (Fsp3) is 0.389. The molecule has 2 aromatic rings. The number of hydrogen-bond donors (Lipinski definition) is 2. The molecule has 2 rings (SSSR count). The van der Waals surface area contributed by atoms with Gasteiger partial charge in [0, 0.05) is 13.1 Å². The number of nitrogens with zero attached hydrogens (tertiary/aromatic N) is 3. The molecule has 8 nitrogen and oxygen atoms in total. The van der Waals surface area contributed by atoms with E-state index in [-0.39, 0.29) is 5.69 Å². The molecule has 0 fully saturated rings. The van der Waals surface area contributed by atoms with Crippen LogP contribution in [0.2, 0.25) is 0 Å². The molecule has 140 valence electrons. The topological polar surface area (TPSA) is 103 Å². The number of carbonyl (C=O) groups excluding carboxylic acids is 1. The van der Waals surface area contributed by atoms with E-state index in [1.54, 1.807) is 7.11 Å². The molecule has 3 N–H and O–H groups in total. The Morgan fingerprint density at radius 1 is 1.19 bits per heavy atom. The number of nitrogens with one attached hydrogen (secondary N) is 1. The van der Waals surface area contributed by atoms with Crippen molar-refractivity contribution in [3.63, 3.8) is 0 Å². The molecule has 0 bridgehead atoms. The van der Waals surface area contributed by atoms with Crippen molar-refractivity contribution < 1.29 is 14.3 Å². The number of likely N-dealkylation sites (N-methyl/N-ethyl adjacent to an activating group) is 1. The van der Waals surface area contributed by atoms with Crippen LogP contribution in [0.25, 0.3) is 0 Å². The van der Waals surface area contributed by atoms with Crippen molar-refractivity contribution in [1.82, 2.24) is 14.9 Å². The molecule has 0 aliphatic carbocycles. The average Bonchev–Trinajstić information content (AvgIpc) is 2.66. The number of rotatable bonds is 11. The van der Waals surface area contributed by atoms with Crippen LogP contribution in [-0.4, -0.2) is 61.2 Å². The summed E-state index contributed by atoms with van der Waals surface area (Å²) in [7, 11) is 3.68. The third kappa shape index (κ3) is 6.21. The van der Waals surface area contributed by atoms with Gasteiger partial charge in [-0.05, 0) is 32.1 Å². The number of benzene rings is 1. The molecule has 0 saturated heterocycles. The summed E-state index contributed by atoms with van der Waals surface area (Å²) in [5.41, 5.74) is 5.29. The predicted molar refractivity (Wildman–Crippen MR) is 99.6 cm³/mol. The SMILES string of the molecule is COc1ccccc1OCCN(C)CCCNc1cnc(C(N)=O)cn1. The quantitative estimate of drug-likeness (QED) is 0.585. The van der Waals surface area contributed by atoms with Crippen LogP contribution in [0.5, 0.6) is 11.5 Å². The lowest BCUT2D eigenvalue weighted by molar-refractivity contribution is 0.0995. The molecule has 1 heterocycles. The summed E-state index contributed by atoms with van der Waals surface area (Å²) < 4.78 is 11.0. The number of carbonyl (C=O) groups is 1. The number of hydrogen-bond acceptors (Lipinski definition) is 7. The van der Waals surface area contributed by atoms with Gasteiger partial charge in [0.05, 0.1) is 19.5 Å². The Hall–Kier alpha value is -2.87. The molecule has 1 aromatic heterocycles. The summed E-state index contributed by atoms with van der Waals surface area (Å²) in [4.78, 5) is 21.2. The molecule has 0 spiro atoms. The molecule has 0 aliphatic rings. The normalized spacial score (nSPS) is 10.6. The maximum atomic E-state index is 10.9. The zero-order valence-corrected chi connectivity index (χ0v) is 15.1. The first-order chi connectivity index (χ1) is 12.6. The highest BCUT2D eigenvalue weighted by Gasteiger charge is 2.05. The van der Waals surface area contributed by atoms with Crippen LogP contribution < -0.4 is 20.5 Å². The number of ether oxygens (including phenoxy) is 2. The van der Waals surface area contributed by atoms with E-state index >= 15 is 0 Å². The fourth-order valence-electron chi connectivity index (χ4n) is 2.27. The Morgan fingerprint density at radius 3 is 2.62 bits per heavy atom. The van der Waals surface area contributed by atoms with E-state index in [0.717, 1.165) is 37.6 Å². The van der Waals surface area contributed by atoms with Crippen molar-refractivity contribution in [2.75, 3.05) is 45.7 Å². The van der Waals surface area contributed by atoms with E-state index in [0.29, 0.717) is 12.4 Å². The maximum Gasteiger partial charge on any atom is 0.268 e. The summed E-state index contributed by atoms with van der Waals surface area (Å²) in [5, 5.41) is 3.16. The second-order valence-corrected chi connectivity index (χ2v) is 5.73. The second-order valence-electron chi connectivity index (χ2n) is 5.73. The zero-order chi connectivity index (χ0) is 18.8. The number of anilines is 1. The van der Waals surface area contributed by atoms with Crippen molar-refractivity contribution in [3.8, 4) is 11.5 Å². The Bertz CT molecular complexity index is 693. The number of nitrogens with two attached hydrogens (primary N) is 1. The smallest absolute Gasteiger partial charge is 0.268 e. The van der Waals surface area contributed by atoms with Gasteiger partial charge in [0.2, 0.25) is 0 Å². The van der Waals surface area contributed by atoms with Crippen LogP contribution in [0, 0.1) is 0 Å². The minimum absolute atomic E-state index is 0.158. The Balaban J connectivity index is 1.61. The molecule has 26 heavy (non-hydrogen) atoms. The molecular formula is C18H25N5O3. The van der Waals surface area contributed by atoms with Gasteiger partial charge < -0.3 is 25.4 Å². The van der Waals surface area contributed by atoms with E-state index in [2.05, 4.69) is 20.2 Å². The largest absolute Gasteiger partial charge is 0.493 e. The van der Waals surface area contributed by atoms with Gasteiger partial charge in [-0.25, -0.2) is 9.97 Å². The Labute approximate surface area is 153 Å². The van der Waals surface area contributed by atoms with Crippen molar-refractivity contribution in [1.29, 1.82) is 0 Å². The highest BCUT2D eigenvalue weighted by Crippen LogP contribution is 2.25. The van der Waals surface area contributed by atoms with Gasteiger partial charge in [0.15, 0.2) is 11.5 Å². The number of methoxy groups -OCH3 is 1. The molecule has 0 saturated carbocycles. The Kier molecular flexibility index (Phi) is 7.63. The van der Waals surface area contributed by atoms with Crippen LogP contribution in [0.4, 0.5) is 5.82 Å². The van der Waals surface area contributed by atoms with Crippen LogP contribution in [0.1, 0.15) is 16.9 Å². The van der Waals surface area contributed by atoms with Crippen molar-refractivity contribution >= 4 is 11.7 Å². The van der Waals surface area contributed by atoms with Crippen molar-refractivity contribution in [2.45, 2.75) is 6.42 Å².